The molecule has 4 rings (SSSR count). The van der Waals surface area contributed by atoms with Crippen LogP contribution in [0.3, 0.4) is 0 Å². The number of nitrogens with zero attached hydrogens (tertiary/aromatic N) is 1. The average Bonchev–Trinajstić information content (AvgIpc) is 3.06. The fourth-order valence-electron chi connectivity index (χ4n) is 3.92. The van der Waals surface area contributed by atoms with Crippen LogP contribution in [-0.4, -0.2) is 31.4 Å². The van der Waals surface area contributed by atoms with Crippen molar-refractivity contribution >= 4 is 15.7 Å². The van der Waals surface area contributed by atoms with E-state index in [0.29, 0.717) is 11.3 Å². The smallest absolute Gasteiger partial charge is 0.290 e. The van der Waals surface area contributed by atoms with Gasteiger partial charge in [0.2, 0.25) is 9.84 Å². The molecule has 0 aliphatic carbocycles. The van der Waals surface area contributed by atoms with E-state index in [0.717, 1.165) is 16.7 Å². The highest BCUT2D eigenvalue weighted by Gasteiger charge is 2.46. The number of aliphatic hydroxyl groups is 1. The van der Waals surface area contributed by atoms with E-state index in [2.05, 4.69) is 0 Å². The minimum Gasteiger partial charge on any atom is -0.502 e. The maximum Gasteiger partial charge on any atom is 0.290 e. The quantitative estimate of drug-likeness (QED) is 0.576. The van der Waals surface area contributed by atoms with Gasteiger partial charge >= 0.3 is 0 Å². The molecule has 1 N–H and O–H groups in total. The summed E-state index contributed by atoms with van der Waals surface area (Å²) in [7, 11) is -2.57. The number of carbonyl (C=O) groups is 1. The Bertz CT molecular complexity index is 1310. The van der Waals surface area contributed by atoms with Crippen LogP contribution in [0.15, 0.2) is 88.4 Å². The molecule has 0 spiro atoms. The minimum atomic E-state index is -4.13. The fourth-order valence-corrected chi connectivity index (χ4v) is 5.57. The van der Waals surface area contributed by atoms with Crippen LogP contribution >= 0.6 is 0 Å². The third-order valence-electron chi connectivity index (χ3n) is 5.78. The van der Waals surface area contributed by atoms with Gasteiger partial charge in [0.15, 0.2) is 5.76 Å². The van der Waals surface area contributed by atoms with Gasteiger partial charge in [-0.15, -0.1) is 0 Å². The molecule has 0 unspecified atom stereocenters. The second kappa shape index (κ2) is 8.75. The van der Waals surface area contributed by atoms with Gasteiger partial charge in [-0.25, -0.2) is 8.42 Å². The lowest BCUT2D eigenvalue weighted by Gasteiger charge is -2.27. The van der Waals surface area contributed by atoms with Crippen molar-refractivity contribution in [2.45, 2.75) is 31.3 Å². The van der Waals surface area contributed by atoms with Crippen molar-refractivity contribution in [3.63, 3.8) is 0 Å². The van der Waals surface area contributed by atoms with Crippen molar-refractivity contribution in [2.75, 3.05) is 7.11 Å². The summed E-state index contributed by atoms with van der Waals surface area (Å²) in [4.78, 5) is 14.3. The number of hydrogen-bond donors (Lipinski definition) is 1. The average molecular weight is 464 g/mol. The summed E-state index contributed by atoms with van der Waals surface area (Å²) in [5, 5.41) is 10.8. The Labute approximate surface area is 193 Å². The van der Waals surface area contributed by atoms with Crippen LogP contribution in [0.4, 0.5) is 0 Å². The first-order valence-corrected chi connectivity index (χ1v) is 12.0. The van der Waals surface area contributed by atoms with Crippen molar-refractivity contribution in [1.29, 1.82) is 0 Å². The van der Waals surface area contributed by atoms with E-state index in [4.69, 9.17) is 4.74 Å². The molecule has 170 valence electrons. The topological polar surface area (TPSA) is 83.9 Å². The first-order chi connectivity index (χ1) is 15.7. The Balaban J connectivity index is 1.82. The number of aliphatic hydroxyl groups excluding tert-OH is 1. The molecule has 6 nitrogen and oxygen atoms in total. The van der Waals surface area contributed by atoms with Gasteiger partial charge in [0.1, 0.15) is 10.7 Å². The molecule has 0 bridgehead atoms. The molecule has 3 aromatic carbocycles. The Kier molecular flexibility index (Phi) is 5.99. The van der Waals surface area contributed by atoms with Crippen molar-refractivity contribution in [1.82, 2.24) is 4.90 Å². The van der Waals surface area contributed by atoms with Gasteiger partial charge in [-0.2, -0.15) is 0 Å². The number of carbonyl (C=O) groups excluding carboxylic acids is 1. The van der Waals surface area contributed by atoms with Gasteiger partial charge in [-0.3, -0.25) is 4.79 Å². The number of amides is 1. The normalized spacial score (nSPS) is 16.4. The van der Waals surface area contributed by atoms with Crippen LogP contribution < -0.4 is 4.74 Å². The highest BCUT2D eigenvalue weighted by molar-refractivity contribution is 7.95. The molecule has 7 heteroatoms. The van der Waals surface area contributed by atoms with Crippen LogP contribution in [0.25, 0.3) is 0 Å². The predicted molar refractivity (Wildman–Crippen MR) is 125 cm³/mol. The first-order valence-electron chi connectivity index (χ1n) is 10.5. The zero-order valence-corrected chi connectivity index (χ0v) is 19.5. The van der Waals surface area contributed by atoms with E-state index in [9.17, 15) is 18.3 Å². The largest absolute Gasteiger partial charge is 0.502 e. The third-order valence-corrected chi connectivity index (χ3v) is 7.67. The molecule has 0 fully saturated rings. The predicted octanol–water partition coefficient (Wildman–Crippen LogP) is 4.64. The maximum absolute atomic E-state index is 13.6. The monoisotopic (exact) mass is 463 g/mol. The molecular weight excluding hydrogens is 438 g/mol. The van der Waals surface area contributed by atoms with Crippen molar-refractivity contribution in [3.8, 4) is 5.75 Å². The van der Waals surface area contributed by atoms with Gasteiger partial charge in [0.25, 0.3) is 5.91 Å². The number of sulfone groups is 1. The van der Waals surface area contributed by atoms with Gasteiger partial charge in [0, 0.05) is 6.54 Å². The van der Waals surface area contributed by atoms with Crippen LogP contribution in [0, 0.1) is 13.8 Å². The second-order valence-corrected chi connectivity index (χ2v) is 10.0. The van der Waals surface area contributed by atoms with Crippen molar-refractivity contribution in [2.24, 2.45) is 0 Å². The molecule has 0 saturated carbocycles. The highest BCUT2D eigenvalue weighted by atomic mass is 32.2. The lowest BCUT2D eigenvalue weighted by Crippen LogP contribution is -2.30. The molecule has 1 atom stereocenters. The molecule has 0 saturated heterocycles. The van der Waals surface area contributed by atoms with Crippen LogP contribution in [0.2, 0.25) is 0 Å². The van der Waals surface area contributed by atoms with Crippen LogP contribution in [0.1, 0.15) is 28.3 Å². The molecule has 0 radical (unpaired) electrons. The Hall–Kier alpha value is -3.58. The first kappa shape index (κ1) is 22.6. The van der Waals surface area contributed by atoms with Crippen LogP contribution in [-0.2, 0) is 21.2 Å². The third kappa shape index (κ3) is 4.24. The summed E-state index contributed by atoms with van der Waals surface area (Å²) < 4.78 is 32.4. The SMILES string of the molecule is COc1ccc(CN2C(=O)C(O)=C(S(=O)(=O)c3ccc(C)cc3)[C@H]2c2ccc(C)cc2)cc1. The lowest BCUT2D eigenvalue weighted by molar-refractivity contribution is -0.130. The zero-order valence-electron chi connectivity index (χ0n) is 18.6. The van der Waals surface area contributed by atoms with E-state index in [1.54, 1.807) is 43.5 Å². The molecule has 1 aliphatic rings. The van der Waals surface area contributed by atoms with E-state index >= 15 is 0 Å². The van der Waals surface area contributed by atoms with Gasteiger partial charge in [0.05, 0.1) is 18.0 Å². The van der Waals surface area contributed by atoms with Crippen molar-refractivity contribution in [3.05, 3.63) is 106 Å². The highest BCUT2D eigenvalue weighted by Crippen LogP contribution is 2.43. The Morgan fingerprint density at radius 3 is 1.97 bits per heavy atom. The maximum atomic E-state index is 13.6. The van der Waals surface area contributed by atoms with Crippen LogP contribution in [0.5, 0.6) is 5.75 Å². The zero-order chi connectivity index (χ0) is 23.8. The van der Waals surface area contributed by atoms with E-state index < -0.39 is 27.5 Å². The van der Waals surface area contributed by atoms with Gasteiger partial charge in [-0.1, -0.05) is 59.7 Å². The molecule has 1 aliphatic heterocycles. The second-order valence-electron chi connectivity index (χ2n) is 8.12. The summed E-state index contributed by atoms with van der Waals surface area (Å²) >= 11 is 0. The molecule has 1 amide bonds. The summed E-state index contributed by atoms with van der Waals surface area (Å²) in [6.07, 6.45) is 0. The Morgan fingerprint density at radius 1 is 0.879 bits per heavy atom. The van der Waals surface area contributed by atoms with Crippen molar-refractivity contribution < 1.29 is 23.1 Å². The molecule has 3 aromatic rings. The standard InChI is InChI=1S/C26H25NO5S/c1-17-4-10-20(11-5-17)23-25(33(30,31)22-14-6-18(2)7-15-22)24(28)26(29)27(23)16-19-8-12-21(32-3)13-9-19/h4-15,23,28H,16H2,1-3H3/t23-/m1/s1. The van der Waals surface area contributed by atoms with E-state index in [1.807, 2.05) is 38.1 Å². The molecule has 33 heavy (non-hydrogen) atoms. The number of aryl methyl sites for hydroxylation is 2. The molecule has 0 aromatic heterocycles. The number of methoxy groups -OCH3 is 1. The number of hydrogen-bond acceptors (Lipinski definition) is 5. The van der Waals surface area contributed by atoms with Gasteiger partial charge < -0.3 is 14.7 Å². The number of benzene rings is 3. The van der Waals surface area contributed by atoms with E-state index in [-0.39, 0.29) is 16.3 Å². The summed E-state index contributed by atoms with van der Waals surface area (Å²) in [5.74, 6) is -0.790. The fraction of sp³-hybridized carbons (Fsp3) is 0.192. The van der Waals surface area contributed by atoms with Gasteiger partial charge in [-0.05, 0) is 49.2 Å². The minimum absolute atomic E-state index is 0.0332. The summed E-state index contributed by atoms with van der Waals surface area (Å²) in [6.45, 7) is 3.91. The summed E-state index contributed by atoms with van der Waals surface area (Å²) in [6, 6.07) is 19.9. The lowest BCUT2D eigenvalue weighted by atomic mass is 10.0. The number of ether oxygens (including phenoxy) is 1. The molecule has 1 heterocycles. The Morgan fingerprint density at radius 2 is 1.42 bits per heavy atom. The van der Waals surface area contributed by atoms with E-state index in [1.165, 1.54) is 17.0 Å². The summed E-state index contributed by atoms with van der Waals surface area (Å²) in [5.41, 5.74) is 3.30. The number of rotatable bonds is 6. The molecular formula is C26H25NO5S.